The molecule has 4 nitrogen and oxygen atoms in total. The van der Waals surface area contributed by atoms with Gasteiger partial charge in [0.2, 0.25) is 0 Å². The Morgan fingerprint density at radius 1 is 0.867 bits per heavy atom. The zero-order valence-electron chi connectivity index (χ0n) is 16.3. The molecule has 3 aromatic carbocycles. The molecule has 0 amide bonds. The number of rotatable bonds is 3. The molecule has 0 spiro atoms. The van der Waals surface area contributed by atoms with Crippen LogP contribution >= 0.6 is 0 Å². The molecular formula is C25H18O4S. The minimum Gasteiger partial charge on any atom is -0.463 e. The van der Waals surface area contributed by atoms with Crippen LogP contribution in [0.4, 0.5) is 0 Å². The second-order valence-electron chi connectivity index (χ2n) is 7.07. The predicted octanol–water partition coefficient (Wildman–Crippen LogP) is 4.40. The smallest absolute Gasteiger partial charge is 0.200 e. The van der Waals surface area contributed by atoms with Crippen LogP contribution in [0.2, 0.25) is 0 Å². The van der Waals surface area contributed by atoms with Gasteiger partial charge in [0.05, 0.1) is 16.7 Å². The Morgan fingerprint density at radius 2 is 1.57 bits per heavy atom. The van der Waals surface area contributed by atoms with Crippen molar-refractivity contribution in [3.8, 4) is 23.0 Å². The van der Waals surface area contributed by atoms with E-state index >= 15 is 0 Å². The molecule has 0 bridgehead atoms. The summed E-state index contributed by atoms with van der Waals surface area (Å²) >= 11 is 0. The lowest BCUT2D eigenvalue weighted by Crippen LogP contribution is -2.05. The fourth-order valence-corrected chi connectivity index (χ4v) is 3.95. The van der Waals surface area contributed by atoms with E-state index in [-0.39, 0.29) is 11.2 Å². The van der Waals surface area contributed by atoms with Gasteiger partial charge in [-0.3, -0.25) is 4.79 Å². The summed E-state index contributed by atoms with van der Waals surface area (Å²) in [6, 6.07) is 21.8. The Labute approximate surface area is 174 Å². The Kier molecular flexibility index (Phi) is 5.26. The van der Waals surface area contributed by atoms with E-state index < -0.39 is 9.84 Å². The maximum absolute atomic E-state index is 12.9. The molecular weight excluding hydrogens is 396 g/mol. The summed E-state index contributed by atoms with van der Waals surface area (Å²) in [7, 11) is -3.11. The summed E-state index contributed by atoms with van der Waals surface area (Å²) in [5, 5.41) is 0.470. The highest BCUT2D eigenvalue weighted by Crippen LogP contribution is 2.21. The molecule has 0 aliphatic heterocycles. The first-order valence-electron chi connectivity index (χ1n) is 9.29. The first-order chi connectivity index (χ1) is 14.4. The Bertz CT molecular complexity index is 1440. The van der Waals surface area contributed by atoms with Gasteiger partial charge in [0.1, 0.15) is 11.8 Å². The van der Waals surface area contributed by atoms with Crippen LogP contribution in [0.5, 0.6) is 0 Å². The van der Waals surface area contributed by atoms with Gasteiger partial charge in [0.15, 0.2) is 15.3 Å². The largest absolute Gasteiger partial charge is 0.463 e. The molecule has 0 unspecified atom stereocenters. The summed E-state index contributed by atoms with van der Waals surface area (Å²) in [5.41, 5.74) is 3.77. The van der Waals surface area contributed by atoms with Gasteiger partial charge in [-0.25, -0.2) is 8.42 Å². The molecule has 0 saturated carbocycles. The van der Waals surface area contributed by atoms with Crippen molar-refractivity contribution in [2.24, 2.45) is 0 Å². The number of fused-ring (bicyclic) bond motifs is 1. The minimum atomic E-state index is -3.11. The van der Waals surface area contributed by atoms with E-state index in [9.17, 15) is 13.2 Å². The number of benzene rings is 3. The van der Waals surface area contributed by atoms with Gasteiger partial charge in [-0.05, 0) is 41.5 Å². The predicted molar refractivity (Wildman–Crippen MR) is 119 cm³/mol. The third-order valence-corrected chi connectivity index (χ3v) is 5.45. The number of hydrogen-bond acceptors (Lipinski definition) is 4. The maximum Gasteiger partial charge on any atom is 0.200 e. The van der Waals surface area contributed by atoms with Crippen molar-refractivity contribution in [1.29, 1.82) is 0 Å². The number of sulfone groups is 1. The molecule has 0 N–H and O–H groups in total. The third-order valence-electron chi connectivity index (χ3n) is 4.59. The van der Waals surface area contributed by atoms with Gasteiger partial charge in [0, 0.05) is 17.4 Å². The molecule has 148 valence electrons. The van der Waals surface area contributed by atoms with E-state index in [0.717, 1.165) is 11.1 Å². The molecule has 4 aromatic rings. The fraction of sp³-hybridized carbons (Fsp3) is 0.0800. The van der Waals surface area contributed by atoms with E-state index in [4.69, 9.17) is 4.42 Å². The van der Waals surface area contributed by atoms with Crippen LogP contribution in [0.1, 0.15) is 16.7 Å². The molecule has 0 aliphatic rings. The fourth-order valence-electron chi connectivity index (χ4n) is 3.15. The Hall–Kier alpha value is -3.62. The molecule has 0 saturated heterocycles. The van der Waals surface area contributed by atoms with Gasteiger partial charge in [0.25, 0.3) is 0 Å². The summed E-state index contributed by atoms with van der Waals surface area (Å²) in [6.45, 7) is 0. The van der Waals surface area contributed by atoms with Crippen LogP contribution in [-0.4, -0.2) is 14.7 Å². The normalized spacial score (nSPS) is 11.1. The highest BCUT2D eigenvalue weighted by Gasteiger charge is 2.10. The summed E-state index contributed by atoms with van der Waals surface area (Å²) < 4.78 is 28.6. The van der Waals surface area contributed by atoms with Crippen LogP contribution < -0.4 is 5.43 Å². The van der Waals surface area contributed by atoms with Gasteiger partial charge >= 0.3 is 0 Å². The molecule has 30 heavy (non-hydrogen) atoms. The molecule has 1 heterocycles. The van der Waals surface area contributed by atoms with Crippen molar-refractivity contribution in [3.05, 3.63) is 106 Å². The van der Waals surface area contributed by atoms with Crippen molar-refractivity contribution in [3.63, 3.8) is 0 Å². The SMILES string of the molecule is CS(=O)(=O)Cc1ccc(-c2coc3cc(C#Cc4ccccc4)ccc3c2=O)cc1. The van der Waals surface area contributed by atoms with E-state index in [0.29, 0.717) is 27.7 Å². The molecule has 0 aliphatic carbocycles. The van der Waals surface area contributed by atoms with Crippen LogP contribution in [0.25, 0.3) is 22.1 Å². The van der Waals surface area contributed by atoms with Crippen molar-refractivity contribution in [2.75, 3.05) is 6.26 Å². The molecule has 0 fully saturated rings. The number of hydrogen-bond donors (Lipinski definition) is 0. The average Bonchev–Trinajstić information content (AvgIpc) is 2.73. The monoisotopic (exact) mass is 414 g/mol. The average molecular weight is 414 g/mol. The molecule has 4 rings (SSSR count). The van der Waals surface area contributed by atoms with Crippen molar-refractivity contribution in [2.45, 2.75) is 5.75 Å². The second kappa shape index (κ2) is 8.02. The second-order valence-corrected chi connectivity index (χ2v) is 9.21. The van der Waals surface area contributed by atoms with Gasteiger partial charge < -0.3 is 4.42 Å². The topological polar surface area (TPSA) is 64.3 Å². The van der Waals surface area contributed by atoms with Crippen molar-refractivity contribution < 1.29 is 12.8 Å². The van der Waals surface area contributed by atoms with Gasteiger partial charge in [-0.1, -0.05) is 54.3 Å². The Balaban J connectivity index is 1.66. The van der Waals surface area contributed by atoms with Crippen LogP contribution in [0.15, 0.2) is 88.3 Å². The minimum absolute atomic E-state index is 0.0353. The lowest BCUT2D eigenvalue weighted by Gasteiger charge is -2.05. The summed E-state index contributed by atoms with van der Waals surface area (Å²) in [6.07, 6.45) is 2.63. The zero-order chi connectivity index (χ0) is 21.1. The quantitative estimate of drug-likeness (QED) is 0.466. The van der Waals surface area contributed by atoms with E-state index in [1.807, 2.05) is 30.3 Å². The molecule has 0 atom stereocenters. The highest BCUT2D eigenvalue weighted by molar-refractivity contribution is 7.89. The first kappa shape index (κ1) is 19.7. The van der Waals surface area contributed by atoms with Crippen LogP contribution in [0, 0.1) is 11.8 Å². The highest BCUT2D eigenvalue weighted by atomic mass is 32.2. The molecule has 0 radical (unpaired) electrons. The maximum atomic E-state index is 12.9. The summed E-state index contributed by atoms with van der Waals surface area (Å²) in [4.78, 5) is 12.9. The van der Waals surface area contributed by atoms with Gasteiger partial charge in [-0.15, -0.1) is 0 Å². The standard InChI is InChI=1S/C25H18O4S/c1-30(27,28)17-20-9-12-21(13-10-20)23-16-29-24-15-19(11-14-22(24)25(23)26)8-7-18-5-3-2-4-6-18/h2-6,9-16H,17H2,1H3. The third kappa shape index (κ3) is 4.51. The molecule has 5 heteroatoms. The van der Waals surface area contributed by atoms with Crippen LogP contribution in [-0.2, 0) is 15.6 Å². The van der Waals surface area contributed by atoms with E-state index in [1.165, 1.54) is 12.5 Å². The first-order valence-corrected chi connectivity index (χ1v) is 11.3. The lowest BCUT2D eigenvalue weighted by atomic mass is 10.0. The van der Waals surface area contributed by atoms with Crippen LogP contribution in [0.3, 0.4) is 0 Å². The zero-order valence-corrected chi connectivity index (χ0v) is 17.1. The Morgan fingerprint density at radius 3 is 2.27 bits per heavy atom. The van der Waals surface area contributed by atoms with E-state index in [1.54, 1.807) is 42.5 Å². The van der Waals surface area contributed by atoms with E-state index in [2.05, 4.69) is 11.8 Å². The van der Waals surface area contributed by atoms with Crippen molar-refractivity contribution >= 4 is 20.8 Å². The summed E-state index contributed by atoms with van der Waals surface area (Å²) in [5.74, 6) is 6.13. The molecule has 1 aromatic heterocycles. The van der Waals surface area contributed by atoms with Gasteiger partial charge in [-0.2, -0.15) is 0 Å². The lowest BCUT2D eigenvalue weighted by molar-refractivity contribution is 0.601. The van der Waals surface area contributed by atoms with Crippen molar-refractivity contribution in [1.82, 2.24) is 0 Å².